The third kappa shape index (κ3) is 5.77. The van der Waals surface area contributed by atoms with E-state index in [0.29, 0.717) is 24.9 Å². The van der Waals surface area contributed by atoms with Gasteiger partial charge in [-0.05, 0) is 34.1 Å². The third-order valence-corrected chi connectivity index (χ3v) is 4.05. The van der Waals surface area contributed by atoms with Crippen LogP contribution in [-0.4, -0.2) is 25.5 Å². The van der Waals surface area contributed by atoms with Gasteiger partial charge in [0.25, 0.3) is 0 Å². The molecule has 126 valence electrons. The summed E-state index contributed by atoms with van der Waals surface area (Å²) in [4.78, 5) is 8.89. The lowest BCUT2D eigenvalue weighted by Gasteiger charge is -2.04. The SMILES string of the molecule is CC(C)c1ccc(C=NCCN=Cc2ccc(C(C)C)cc2)cc1. The fourth-order valence-electron chi connectivity index (χ4n) is 2.39. The topological polar surface area (TPSA) is 24.7 Å². The van der Waals surface area contributed by atoms with Crippen molar-refractivity contribution in [2.45, 2.75) is 39.5 Å². The van der Waals surface area contributed by atoms with Crippen LogP contribution >= 0.6 is 0 Å². The lowest BCUT2D eigenvalue weighted by molar-refractivity contribution is 0.866. The minimum Gasteiger partial charge on any atom is -0.291 e. The van der Waals surface area contributed by atoms with Crippen LogP contribution in [0.5, 0.6) is 0 Å². The summed E-state index contributed by atoms with van der Waals surface area (Å²) >= 11 is 0. The molecule has 2 aromatic rings. The molecular weight excluding hydrogens is 292 g/mol. The zero-order chi connectivity index (χ0) is 17.4. The van der Waals surface area contributed by atoms with E-state index < -0.39 is 0 Å². The van der Waals surface area contributed by atoms with Crippen LogP contribution in [0.1, 0.15) is 61.8 Å². The molecule has 2 rings (SSSR count). The molecule has 24 heavy (non-hydrogen) atoms. The summed E-state index contributed by atoms with van der Waals surface area (Å²) in [5.74, 6) is 1.14. The Hall–Kier alpha value is -2.22. The van der Waals surface area contributed by atoms with E-state index in [1.54, 1.807) is 0 Å². The normalized spacial score (nSPS) is 12.1. The molecule has 2 heteroatoms. The minimum atomic E-state index is 0.569. The fraction of sp³-hybridized carbons (Fsp3) is 0.364. The summed E-state index contributed by atoms with van der Waals surface area (Å²) in [5, 5.41) is 0. The number of hydrogen-bond acceptors (Lipinski definition) is 2. The van der Waals surface area contributed by atoms with Gasteiger partial charge >= 0.3 is 0 Å². The molecule has 0 aromatic heterocycles. The molecule has 0 unspecified atom stereocenters. The van der Waals surface area contributed by atoms with E-state index in [4.69, 9.17) is 0 Å². The number of hydrogen-bond donors (Lipinski definition) is 0. The standard InChI is InChI=1S/C22H28N2/c1-17(2)21-9-5-19(6-10-21)15-23-13-14-24-16-20-7-11-22(12-8-20)18(3)4/h5-12,15-18H,13-14H2,1-4H3. The van der Waals surface area contributed by atoms with Crippen LogP contribution in [0.4, 0.5) is 0 Å². The monoisotopic (exact) mass is 320 g/mol. The predicted octanol–water partition coefficient (Wildman–Crippen LogP) is 5.47. The number of aliphatic imine (C=N–C) groups is 2. The van der Waals surface area contributed by atoms with Crippen molar-refractivity contribution >= 4 is 12.4 Å². The average Bonchev–Trinajstić information content (AvgIpc) is 2.58. The first kappa shape index (κ1) is 18.1. The summed E-state index contributed by atoms with van der Waals surface area (Å²) in [7, 11) is 0. The van der Waals surface area contributed by atoms with Gasteiger partial charge in [0.1, 0.15) is 0 Å². The highest BCUT2D eigenvalue weighted by molar-refractivity contribution is 5.80. The number of nitrogens with zero attached hydrogens (tertiary/aromatic N) is 2. The van der Waals surface area contributed by atoms with Gasteiger partial charge in [-0.1, -0.05) is 76.2 Å². The van der Waals surface area contributed by atoms with E-state index in [1.165, 1.54) is 11.1 Å². The van der Waals surface area contributed by atoms with E-state index in [1.807, 2.05) is 12.4 Å². The first-order chi connectivity index (χ1) is 11.6. The molecule has 0 spiro atoms. The van der Waals surface area contributed by atoms with Crippen molar-refractivity contribution in [1.82, 2.24) is 0 Å². The Kier molecular flexibility index (Phi) is 6.92. The highest BCUT2D eigenvalue weighted by Crippen LogP contribution is 2.14. The zero-order valence-corrected chi connectivity index (χ0v) is 15.2. The van der Waals surface area contributed by atoms with Crippen molar-refractivity contribution in [2.75, 3.05) is 13.1 Å². The summed E-state index contributed by atoms with van der Waals surface area (Å²) in [6.45, 7) is 10.3. The van der Waals surface area contributed by atoms with Crippen LogP contribution in [0.2, 0.25) is 0 Å². The molecule has 0 saturated carbocycles. The number of rotatable bonds is 7. The van der Waals surface area contributed by atoms with Crippen molar-refractivity contribution in [3.05, 3.63) is 70.8 Å². The van der Waals surface area contributed by atoms with Crippen LogP contribution < -0.4 is 0 Å². The first-order valence-corrected chi connectivity index (χ1v) is 8.76. The maximum Gasteiger partial charge on any atom is 0.0585 e. The van der Waals surface area contributed by atoms with Gasteiger partial charge in [0.2, 0.25) is 0 Å². The molecule has 0 N–H and O–H groups in total. The molecule has 2 nitrogen and oxygen atoms in total. The van der Waals surface area contributed by atoms with E-state index in [9.17, 15) is 0 Å². The maximum absolute atomic E-state index is 4.45. The second kappa shape index (κ2) is 9.17. The van der Waals surface area contributed by atoms with Crippen molar-refractivity contribution in [3.8, 4) is 0 Å². The Labute approximate surface area is 146 Å². The second-order valence-corrected chi connectivity index (χ2v) is 6.71. The summed E-state index contributed by atoms with van der Waals surface area (Å²) in [5.41, 5.74) is 5.01. The molecule has 0 aliphatic heterocycles. The molecular formula is C22H28N2. The van der Waals surface area contributed by atoms with Crippen LogP contribution in [0.15, 0.2) is 58.5 Å². The highest BCUT2D eigenvalue weighted by atomic mass is 14.8. The van der Waals surface area contributed by atoms with E-state index >= 15 is 0 Å². The lowest BCUT2D eigenvalue weighted by atomic mass is 10.0. The van der Waals surface area contributed by atoms with Gasteiger partial charge < -0.3 is 0 Å². The summed E-state index contributed by atoms with van der Waals surface area (Å²) in [6, 6.07) is 17.2. The molecule has 0 radical (unpaired) electrons. The Morgan fingerprint density at radius 3 is 1.25 bits per heavy atom. The first-order valence-electron chi connectivity index (χ1n) is 8.76. The Morgan fingerprint density at radius 1 is 0.625 bits per heavy atom. The molecule has 0 aliphatic rings. The number of benzene rings is 2. The second-order valence-electron chi connectivity index (χ2n) is 6.71. The van der Waals surface area contributed by atoms with E-state index in [-0.39, 0.29) is 0 Å². The molecule has 0 heterocycles. The van der Waals surface area contributed by atoms with Crippen molar-refractivity contribution < 1.29 is 0 Å². The lowest BCUT2D eigenvalue weighted by Crippen LogP contribution is -1.92. The van der Waals surface area contributed by atoms with Gasteiger partial charge in [0, 0.05) is 12.4 Å². The Morgan fingerprint density at radius 2 is 0.958 bits per heavy atom. The van der Waals surface area contributed by atoms with Gasteiger partial charge in [0.15, 0.2) is 0 Å². The Bertz CT molecular complexity index is 601. The fourth-order valence-corrected chi connectivity index (χ4v) is 2.39. The molecule has 0 aliphatic carbocycles. The minimum absolute atomic E-state index is 0.569. The third-order valence-electron chi connectivity index (χ3n) is 4.05. The molecule has 0 bridgehead atoms. The van der Waals surface area contributed by atoms with Gasteiger partial charge in [-0.2, -0.15) is 0 Å². The van der Waals surface area contributed by atoms with Crippen molar-refractivity contribution in [1.29, 1.82) is 0 Å². The van der Waals surface area contributed by atoms with Gasteiger partial charge in [-0.3, -0.25) is 9.98 Å². The van der Waals surface area contributed by atoms with Gasteiger partial charge in [-0.15, -0.1) is 0 Å². The van der Waals surface area contributed by atoms with Crippen molar-refractivity contribution in [2.24, 2.45) is 9.98 Å². The maximum atomic E-state index is 4.45. The zero-order valence-electron chi connectivity index (χ0n) is 15.2. The molecule has 0 fully saturated rings. The van der Waals surface area contributed by atoms with E-state index in [0.717, 1.165) is 11.1 Å². The largest absolute Gasteiger partial charge is 0.291 e. The summed E-state index contributed by atoms with van der Waals surface area (Å²) in [6.07, 6.45) is 3.86. The van der Waals surface area contributed by atoms with Gasteiger partial charge in [-0.25, -0.2) is 0 Å². The summed E-state index contributed by atoms with van der Waals surface area (Å²) < 4.78 is 0. The smallest absolute Gasteiger partial charge is 0.0585 e. The average molecular weight is 320 g/mol. The molecule has 0 saturated heterocycles. The predicted molar refractivity (Wildman–Crippen MR) is 106 cm³/mol. The molecule has 0 amide bonds. The van der Waals surface area contributed by atoms with E-state index in [2.05, 4.69) is 86.2 Å². The molecule has 0 atom stereocenters. The van der Waals surface area contributed by atoms with Crippen molar-refractivity contribution in [3.63, 3.8) is 0 Å². The van der Waals surface area contributed by atoms with Crippen LogP contribution in [0.25, 0.3) is 0 Å². The Balaban J connectivity index is 1.77. The van der Waals surface area contributed by atoms with Crippen LogP contribution in [0, 0.1) is 0 Å². The van der Waals surface area contributed by atoms with Crippen LogP contribution in [-0.2, 0) is 0 Å². The quantitative estimate of drug-likeness (QED) is 0.477. The van der Waals surface area contributed by atoms with Gasteiger partial charge in [0.05, 0.1) is 13.1 Å². The van der Waals surface area contributed by atoms with Crippen LogP contribution in [0.3, 0.4) is 0 Å². The highest BCUT2D eigenvalue weighted by Gasteiger charge is 1.98. The molecule has 2 aromatic carbocycles.